The summed E-state index contributed by atoms with van der Waals surface area (Å²) >= 11 is 0. The Kier molecular flexibility index (Phi) is 7.15. The number of amides is 3. The average molecular weight is 536 g/mol. The van der Waals surface area contributed by atoms with Gasteiger partial charge in [0.1, 0.15) is 17.4 Å². The van der Waals surface area contributed by atoms with Gasteiger partial charge in [0.2, 0.25) is 17.7 Å². The molecule has 3 aliphatic heterocycles. The summed E-state index contributed by atoms with van der Waals surface area (Å²) in [5, 5.41) is 15.5. The number of aliphatic hydroxyl groups excluding tert-OH is 1. The minimum absolute atomic E-state index is 0.118. The van der Waals surface area contributed by atoms with Crippen LogP contribution in [0.3, 0.4) is 0 Å². The number of anilines is 2. The van der Waals surface area contributed by atoms with E-state index < -0.39 is 29.1 Å². The molecule has 1 spiro atoms. The Morgan fingerprint density at radius 3 is 2.54 bits per heavy atom. The highest BCUT2D eigenvalue weighted by Gasteiger charge is 2.77. The summed E-state index contributed by atoms with van der Waals surface area (Å²) in [5.41, 5.74) is 1.18. The van der Waals surface area contributed by atoms with Gasteiger partial charge in [-0.2, -0.15) is 0 Å². The van der Waals surface area contributed by atoms with Crippen molar-refractivity contribution in [3.05, 3.63) is 53.6 Å². The minimum atomic E-state index is -1.12. The van der Waals surface area contributed by atoms with Gasteiger partial charge >= 0.3 is 0 Å². The van der Waals surface area contributed by atoms with E-state index in [0.29, 0.717) is 43.0 Å². The number of benzene rings is 2. The maximum Gasteiger partial charge on any atom is 0.250 e. The topological polar surface area (TPSA) is 117 Å². The third kappa shape index (κ3) is 4.57. The van der Waals surface area contributed by atoms with Crippen molar-refractivity contribution in [2.45, 2.75) is 64.2 Å². The van der Waals surface area contributed by atoms with Crippen LogP contribution in [0.5, 0.6) is 5.75 Å². The Morgan fingerprint density at radius 2 is 1.85 bits per heavy atom. The first-order chi connectivity index (χ1) is 18.6. The van der Waals surface area contributed by atoms with Crippen LogP contribution >= 0.6 is 0 Å². The van der Waals surface area contributed by atoms with Gasteiger partial charge < -0.3 is 30.1 Å². The van der Waals surface area contributed by atoms with Crippen LogP contribution < -0.4 is 15.4 Å². The normalized spacial score (nSPS) is 28.9. The number of aryl methyl sites for hydroxylation is 2. The lowest BCUT2D eigenvalue weighted by Gasteiger charge is -2.33. The van der Waals surface area contributed by atoms with Gasteiger partial charge in [-0.1, -0.05) is 12.1 Å². The van der Waals surface area contributed by atoms with Crippen molar-refractivity contribution in [1.82, 2.24) is 4.90 Å². The molecule has 3 fully saturated rings. The Bertz CT molecular complexity index is 1280. The third-order valence-electron chi connectivity index (χ3n) is 8.45. The van der Waals surface area contributed by atoms with Crippen molar-refractivity contribution < 1.29 is 29.0 Å². The second kappa shape index (κ2) is 10.3. The van der Waals surface area contributed by atoms with Gasteiger partial charge in [-0.05, 0) is 88.4 Å². The number of hydrogen-bond acceptors (Lipinski definition) is 6. The molecule has 2 unspecified atom stereocenters. The Hall–Kier alpha value is -3.43. The molecule has 0 aliphatic carbocycles. The van der Waals surface area contributed by atoms with E-state index in [1.165, 1.54) is 4.90 Å². The molecule has 5 rings (SSSR count). The summed E-state index contributed by atoms with van der Waals surface area (Å²) in [4.78, 5) is 43.2. The molecule has 0 saturated carbocycles. The van der Waals surface area contributed by atoms with Gasteiger partial charge in [0, 0.05) is 24.5 Å². The monoisotopic (exact) mass is 535 g/mol. The second-order valence-electron chi connectivity index (χ2n) is 11.1. The zero-order valence-electron chi connectivity index (χ0n) is 23.0. The average Bonchev–Trinajstić information content (AvgIpc) is 3.46. The van der Waals surface area contributed by atoms with E-state index in [2.05, 4.69) is 10.6 Å². The molecule has 5 atom stereocenters. The molecule has 2 aromatic rings. The predicted molar refractivity (Wildman–Crippen MR) is 146 cm³/mol. The number of aliphatic hydroxyl groups is 1. The lowest BCUT2D eigenvalue weighted by Crippen LogP contribution is -2.53. The van der Waals surface area contributed by atoms with E-state index in [1.807, 2.05) is 45.9 Å². The minimum Gasteiger partial charge on any atom is -0.494 e. The molecule has 3 heterocycles. The first kappa shape index (κ1) is 27.1. The van der Waals surface area contributed by atoms with Crippen LogP contribution in [0.4, 0.5) is 11.4 Å². The molecule has 3 aliphatic rings. The number of ether oxygens (including phenoxy) is 2. The number of nitrogens with zero attached hydrogens (tertiary/aromatic N) is 1. The van der Waals surface area contributed by atoms with E-state index in [9.17, 15) is 19.5 Å². The van der Waals surface area contributed by atoms with Crippen molar-refractivity contribution in [3.63, 3.8) is 0 Å². The zero-order chi connectivity index (χ0) is 27.9. The summed E-state index contributed by atoms with van der Waals surface area (Å²) in [6, 6.07) is 12.0. The van der Waals surface area contributed by atoms with Crippen LogP contribution in [-0.4, -0.2) is 64.7 Å². The fourth-order valence-corrected chi connectivity index (χ4v) is 6.70. The maximum atomic E-state index is 14.0. The van der Waals surface area contributed by atoms with Crippen LogP contribution in [0.15, 0.2) is 42.5 Å². The molecule has 0 aromatic heterocycles. The van der Waals surface area contributed by atoms with Crippen molar-refractivity contribution >= 4 is 29.1 Å². The van der Waals surface area contributed by atoms with E-state index >= 15 is 0 Å². The van der Waals surface area contributed by atoms with Crippen molar-refractivity contribution in [2.75, 3.05) is 30.4 Å². The molecule has 39 heavy (non-hydrogen) atoms. The highest BCUT2D eigenvalue weighted by atomic mass is 16.5. The summed E-state index contributed by atoms with van der Waals surface area (Å²) in [6.07, 6.45) is 1.37. The molecule has 3 N–H and O–H groups in total. The quantitative estimate of drug-likeness (QED) is 0.453. The zero-order valence-corrected chi connectivity index (χ0v) is 23.0. The highest BCUT2D eigenvalue weighted by Crippen LogP contribution is 2.63. The molecule has 2 bridgehead atoms. The predicted octanol–water partition coefficient (Wildman–Crippen LogP) is 3.43. The summed E-state index contributed by atoms with van der Waals surface area (Å²) < 4.78 is 12.1. The molecule has 208 valence electrons. The summed E-state index contributed by atoms with van der Waals surface area (Å²) in [6.45, 7) is 8.26. The van der Waals surface area contributed by atoms with E-state index in [0.717, 1.165) is 11.1 Å². The number of hydrogen-bond donors (Lipinski definition) is 3. The van der Waals surface area contributed by atoms with Crippen LogP contribution in [0, 0.1) is 25.7 Å². The van der Waals surface area contributed by atoms with Gasteiger partial charge in [0.15, 0.2) is 0 Å². The molecule has 0 radical (unpaired) electrons. The van der Waals surface area contributed by atoms with E-state index in [1.54, 1.807) is 24.3 Å². The van der Waals surface area contributed by atoms with Gasteiger partial charge in [-0.25, -0.2) is 0 Å². The Morgan fingerprint density at radius 1 is 1.10 bits per heavy atom. The SMILES string of the molecule is CCOc1ccc(NC(=O)[C@@H]2[C@H]3C(=O)N(CCCO)C(C(=O)Nc4cc(C)ccc4C)C34CC[C@@]2(C)O4)cc1. The number of nitrogens with one attached hydrogen (secondary N) is 2. The van der Waals surface area contributed by atoms with E-state index in [-0.39, 0.29) is 30.9 Å². The van der Waals surface area contributed by atoms with E-state index in [4.69, 9.17) is 9.47 Å². The molecule has 9 heteroatoms. The third-order valence-corrected chi connectivity index (χ3v) is 8.45. The number of carbonyl (C=O) groups is 3. The fraction of sp³-hybridized carbons (Fsp3) is 0.500. The van der Waals surface area contributed by atoms with Crippen LogP contribution in [0.2, 0.25) is 0 Å². The lowest BCUT2D eigenvalue weighted by molar-refractivity contribution is -0.143. The molecular formula is C30H37N3O6. The standard InChI is InChI=1S/C30H37N3O6/c1-5-38-21-11-9-20(10-12-21)31-26(35)23-24-28(37)33(15-6-16-34)25(30(24)14-13-29(23,4)39-30)27(36)32-22-17-18(2)7-8-19(22)3/h7-12,17,23-25,34H,5-6,13-16H2,1-4H3,(H,31,35)(H,32,36)/t23-,24-,25?,29+,30?/m0/s1. The smallest absolute Gasteiger partial charge is 0.250 e. The van der Waals surface area contributed by atoms with Gasteiger partial charge in [0.25, 0.3) is 0 Å². The Balaban J connectivity index is 1.46. The molecule has 9 nitrogen and oxygen atoms in total. The van der Waals surface area contributed by atoms with Crippen LogP contribution in [0.1, 0.15) is 44.2 Å². The number of likely N-dealkylation sites (tertiary alicyclic amines) is 1. The largest absolute Gasteiger partial charge is 0.494 e. The fourth-order valence-electron chi connectivity index (χ4n) is 6.70. The Labute approximate surface area is 228 Å². The van der Waals surface area contributed by atoms with Gasteiger partial charge in [0.05, 0.1) is 24.0 Å². The summed E-state index contributed by atoms with van der Waals surface area (Å²) in [7, 11) is 0. The molecule has 2 aromatic carbocycles. The maximum absolute atomic E-state index is 14.0. The number of fused-ring (bicyclic) bond motifs is 1. The number of rotatable bonds is 9. The van der Waals surface area contributed by atoms with Crippen molar-refractivity contribution in [3.8, 4) is 5.75 Å². The van der Waals surface area contributed by atoms with Crippen LogP contribution in [-0.2, 0) is 19.1 Å². The van der Waals surface area contributed by atoms with Crippen LogP contribution in [0.25, 0.3) is 0 Å². The molecule has 3 saturated heterocycles. The van der Waals surface area contributed by atoms with Gasteiger partial charge in [-0.15, -0.1) is 0 Å². The van der Waals surface area contributed by atoms with Gasteiger partial charge in [-0.3, -0.25) is 14.4 Å². The first-order valence-electron chi connectivity index (χ1n) is 13.7. The molecule has 3 amide bonds. The van der Waals surface area contributed by atoms with Crippen molar-refractivity contribution in [2.24, 2.45) is 11.8 Å². The first-order valence-corrected chi connectivity index (χ1v) is 13.7. The second-order valence-corrected chi connectivity index (χ2v) is 11.1. The summed E-state index contributed by atoms with van der Waals surface area (Å²) in [5.74, 6) is -1.78. The van der Waals surface area contributed by atoms with Crippen molar-refractivity contribution in [1.29, 1.82) is 0 Å². The lowest BCUT2D eigenvalue weighted by atomic mass is 9.66. The highest BCUT2D eigenvalue weighted by molar-refractivity contribution is 6.05. The number of carbonyl (C=O) groups excluding carboxylic acids is 3. The molecular weight excluding hydrogens is 498 g/mol.